The average Bonchev–Trinajstić information content (AvgIpc) is 3.19. The van der Waals surface area contributed by atoms with Gasteiger partial charge in [0.05, 0.1) is 6.20 Å². The van der Waals surface area contributed by atoms with Gasteiger partial charge in [0.2, 0.25) is 5.95 Å². The van der Waals surface area contributed by atoms with Gasteiger partial charge in [-0.25, -0.2) is 0 Å². The summed E-state index contributed by atoms with van der Waals surface area (Å²) < 4.78 is 8.63. The van der Waals surface area contributed by atoms with E-state index in [-0.39, 0.29) is 6.10 Å². The van der Waals surface area contributed by atoms with Gasteiger partial charge in [-0.3, -0.25) is 4.40 Å². The first-order chi connectivity index (χ1) is 14.3. The third-order valence-corrected chi connectivity index (χ3v) is 6.47. The molecule has 1 fully saturated rings. The van der Waals surface area contributed by atoms with Crippen LogP contribution in [0.3, 0.4) is 0 Å². The molecule has 3 heterocycles. The van der Waals surface area contributed by atoms with Crippen LogP contribution in [0.1, 0.15) is 75.0 Å². The summed E-state index contributed by atoms with van der Waals surface area (Å²) in [5.41, 5.74) is 3.72. The van der Waals surface area contributed by atoms with Gasteiger partial charge in [0, 0.05) is 13.1 Å². The molecule has 5 heteroatoms. The Morgan fingerprint density at radius 2 is 1.79 bits per heavy atom. The Labute approximate surface area is 172 Å². The van der Waals surface area contributed by atoms with Crippen molar-refractivity contribution in [3.05, 3.63) is 53.7 Å². The van der Waals surface area contributed by atoms with Crippen molar-refractivity contribution in [2.75, 3.05) is 18.0 Å². The predicted octanol–water partition coefficient (Wildman–Crippen LogP) is 5.52. The molecule has 0 bridgehead atoms. The number of aromatic nitrogens is 3. The molecule has 2 aromatic heterocycles. The first-order valence-electron chi connectivity index (χ1n) is 11.2. The zero-order valence-electron chi connectivity index (χ0n) is 17.3. The van der Waals surface area contributed by atoms with Crippen LogP contribution >= 0.6 is 0 Å². The Bertz CT molecular complexity index is 976. The lowest BCUT2D eigenvalue weighted by atomic mass is 9.79. The van der Waals surface area contributed by atoms with Gasteiger partial charge < -0.3 is 9.64 Å². The van der Waals surface area contributed by atoms with Crippen molar-refractivity contribution in [3.63, 3.8) is 0 Å². The van der Waals surface area contributed by atoms with Crippen molar-refractivity contribution in [3.8, 4) is 5.75 Å². The minimum Gasteiger partial charge on any atom is -0.484 e. The van der Waals surface area contributed by atoms with E-state index >= 15 is 0 Å². The van der Waals surface area contributed by atoms with E-state index in [1.54, 1.807) is 0 Å². The van der Waals surface area contributed by atoms with Crippen molar-refractivity contribution in [1.29, 1.82) is 0 Å². The minimum atomic E-state index is 0.117. The normalized spacial score (nSPS) is 21.9. The maximum Gasteiger partial charge on any atom is 0.231 e. The van der Waals surface area contributed by atoms with E-state index in [1.807, 2.05) is 12.1 Å². The maximum atomic E-state index is 6.53. The van der Waals surface area contributed by atoms with Gasteiger partial charge in [0.15, 0.2) is 5.65 Å². The number of nitrogens with zero attached hydrogens (tertiary/aromatic N) is 4. The SMILES string of the molecule is CCCC1CCC(Oc2ccc3nnc(N4CCCCC4)n3c2)c2ccccc21. The molecule has 1 aromatic carbocycles. The number of benzene rings is 1. The van der Waals surface area contributed by atoms with Crippen LogP contribution in [0.2, 0.25) is 0 Å². The third-order valence-electron chi connectivity index (χ3n) is 6.47. The van der Waals surface area contributed by atoms with Crippen LogP contribution in [0.15, 0.2) is 42.6 Å². The van der Waals surface area contributed by atoms with Crippen molar-refractivity contribution in [2.45, 2.75) is 63.9 Å². The van der Waals surface area contributed by atoms with Crippen molar-refractivity contribution >= 4 is 11.6 Å². The first-order valence-corrected chi connectivity index (χ1v) is 11.2. The molecular weight excluding hydrogens is 360 g/mol. The van der Waals surface area contributed by atoms with Crippen molar-refractivity contribution in [2.24, 2.45) is 0 Å². The van der Waals surface area contributed by atoms with Crippen molar-refractivity contribution < 1.29 is 4.74 Å². The molecule has 152 valence electrons. The van der Waals surface area contributed by atoms with E-state index in [9.17, 15) is 0 Å². The highest BCUT2D eigenvalue weighted by molar-refractivity contribution is 5.49. The second-order valence-electron chi connectivity index (χ2n) is 8.44. The number of ether oxygens (including phenoxy) is 1. The van der Waals surface area contributed by atoms with E-state index in [4.69, 9.17) is 4.74 Å². The van der Waals surface area contributed by atoms with E-state index in [2.05, 4.69) is 56.9 Å². The van der Waals surface area contributed by atoms with Gasteiger partial charge in [-0.1, -0.05) is 37.6 Å². The molecule has 0 spiro atoms. The molecule has 0 N–H and O–H groups in total. The molecule has 2 atom stereocenters. The number of hydrogen-bond acceptors (Lipinski definition) is 4. The molecule has 2 aliphatic rings. The summed E-state index contributed by atoms with van der Waals surface area (Å²) in [7, 11) is 0. The Morgan fingerprint density at radius 3 is 2.62 bits per heavy atom. The monoisotopic (exact) mass is 390 g/mol. The zero-order chi connectivity index (χ0) is 19.6. The number of pyridine rings is 1. The molecule has 0 radical (unpaired) electrons. The molecule has 1 saturated heterocycles. The smallest absolute Gasteiger partial charge is 0.231 e. The number of anilines is 1. The van der Waals surface area contributed by atoms with E-state index in [1.165, 1.54) is 49.7 Å². The maximum absolute atomic E-state index is 6.53. The molecule has 5 rings (SSSR count). The Hall–Kier alpha value is -2.56. The summed E-state index contributed by atoms with van der Waals surface area (Å²) >= 11 is 0. The predicted molar refractivity (Wildman–Crippen MR) is 116 cm³/mol. The summed E-state index contributed by atoms with van der Waals surface area (Å²) in [6.45, 7) is 4.39. The van der Waals surface area contributed by atoms with E-state index < -0.39 is 0 Å². The van der Waals surface area contributed by atoms with Crippen LogP contribution in [-0.2, 0) is 0 Å². The molecule has 1 aliphatic heterocycles. The first kappa shape index (κ1) is 18.5. The average molecular weight is 391 g/mol. The Kier molecular flexibility index (Phi) is 5.13. The third kappa shape index (κ3) is 3.59. The summed E-state index contributed by atoms with van der Waals surface area (Å²) in [6, 6.07) is 12.9. The molecular formula is C24H30N4O. The number of rotatable bonds is 5. The summed E-state index contributed by atoms with van der Waals surface area (Å²) in [4.78, 5) is 2.35. The highest BCUT2D eigenvalue weighted by atomic mass is 16.5. The van der Waals surface area contributed by atoms with Crippen molar-refractivity contribution in [1.82, 2.24) is 14.6 Å². The topological polar surface area (TPSA) is 42.7 Å². The summed E-state index contributed by atoms with van der Waals surface area (Å²) in [5, 5.41) is 8.82. The second-order valence-corrected chi connectivity index (χ2v) is 8.44. The molecule has 0 saturated carbocycles. The molecule has 29 heavy (non-hydrogen) atoms. The fourth-order valence-electron chi connectivity index (χ4n) is 5.01. The van der Waals surface area contributed by atoms with E-state index in [0.717, 1.165) is 36.9 Å². The standard InChI is InChI=1S/C24H30N4O/c1-2-8-18-11-13-22(21-10-5-4-9-20(18)21)29-19-12-14-23-25-26-24(28(23)17-19)27-15-6-3-7-16-27/h4-5,9-10,12,14,17-18,22H,2-3,6-8,11,13,15-16H2,1H3. The van der Waals surface area contributed by atoms with Crippen LogP contribution in [0, 0.1) is 0 Å². The fourth-order valence-corrected chi connectivity index (χ4v) is 5.01. The second kappa shape index (κ2) is 8.05. The molecule has 3 aromatic rings. The zero-order valence-corrected chi connectivity index (χ0v) is 17.3. The van der Waals surface area contributed by atoms with Gasteiger partial charge in [0.1, 0.15) is 11.9 Å². The van der Waals surface area contributed by atoms with Gasteiger partial charge in [-0.05, 0) is 67.7 Å². The largest absolute Gasteiger partial charge is 0.484 e. The van der Waals surface area contributed by atoms with Crippen LogP contribution in [0.5, 0.6) is 5.75 Å². The van der Waals surface area contributed by atoms with Crippen LogP contribution in [0.25, 0.3) is 5.65 Å². The molecule has 5 nitrogen and oxygen atoms in total. The fraction of sp³-hybridized carbons (Fsp3) is 0.500. The molecule has 1 aliphatic carbocycles. The highest BCUT2D eigenvalue weighted by Gasteiger charge is 2.28. The van der Waals surface area contributed by atoms with Crippen LogP contribution < -0.4 is 9.64 Å². The van der Waals surface area contributed by atoms with Gasteiger partial charge >= 0.3 is 0 Å². The minimum absolute atomic E-state index is 0.117. The lowest BCUT2D eigenvalue weighted by Gasteiger charge is -2.32. The number of piperidine rings is 1. The van der Waals surface area contributed by atoms with E-state index in [0.29, 0.717) is 5.92 Å². The quantitative estimate of drug-likeness (QED) is 0.575. The molecule has 0 amide bonds. The lowest BCUT2D eigenvalue weighted by molar-refractivity contribution is 0.174. The Morgan fingerprint density at radius 1 is 0.966 bits per heavy atom. The van der Waals surface area contributed by atoms with Crippen LogP contribution in [0.4, 0.5) is 5.95 Å². The lowest BCUT2D eigenvalue weighted by Crippen LogP contribution is -2.31. The van der Waals surface area contributed by atoms with Gasteiger partial charge in [-0.2, -0.15) is 0 Å². The van der Waals surface area contributed by atoms with Gasteiger partial charge in [-0.15, -0.1) is 10.2 Å². The summed E-state index contributed by atoms with van der Waals surface area (Å²) in [5.74, 6) is 2.50. The highest BCUT2D eigenvalue weighted by Crippen LogP contribution is 2.41. The Balaban J connectivity index is 1.42. The number of fused-ring (bicyclic) bond motifs is 2. The number of hydrogen-bond donors (Lipinski definition) is 0. The summed E-state index contributed by atoms with van der Waals surface area (Å²) in [6.07, 6.45) is 10.7. The van der Waals surface area contributed by atoms with Gasteiger partial charge in [0.25, 0.3) is 0 Å². The molecule has 2 unspecified atom stereocenters. The van der Waals surface area contributed by atoms with Crippen LogP contribution in [-0.4, -0.2) is 27.7 Å².